The highest BCUT2D eigenvalue weighted by Crippen LogP contribution is 2.34. The van der Waals surface area contributed by atoms with Gasteiger partial charge in [0.2, 0.25) is 0 Å². The summed E-state index contributed by atoms with van der Waals surface area (Å²) in [5.41, 5.74) is 2.50. The maximum Gasteiger partial charge on any atom is 0.408 e. The number of carbonyl (C=O) groups excluding carboxylic acids is 3. The molecule has 0 bridgehead atoms. The normalized spacial score (nSPS) is 19.2. The lowest BCUT2D eigenvalue weighted by Gasteiger charge is -2.32. The largest absolute Gasteiger partial charge is 0.444 e. The van der Waals surface area contributed by atoms with Gasteiger partial charge in [-0.2, -0.15) is 0 Å². The van der Waals surface area contributed by atoms with Crippen LogP contribution in [0, 0.1) is 5.92 Å². The summed E-state index contributed by atoms with van der Waals surface area (Å²) >= 11 is 0. The first-order chi connectivity index (χ1) is 17.5. The molecular weight excluding hydrogens is 474 g/mol. The van der Waals surface area contributed by atoms with E-state index in [2.05, 4.69) is 26.2 Å². The highest BCUT2D eigenvalue weighted by Gasteiger charge is 2.34. The van der Waals surface area contributed by atoms with Gasteiger partial charge in [0, 0.05) is 67.2 Å². The molecule has 0 saturated carbocycles. The summed E-state index contributed by atoms with van der Waals surface area (Å²) in [5.74, 6) is 0.111. The number of para-hydroxylation sites is 1. The number of rotatable bonds is 7. The van der Waals surface area contributed by atoms with E-state index in [4.69, 9.17) is 9.47 Å². The summed E-state index contributed by atoms with van der Waals surface area (Å²) in [4.78, 5) is 41.2. The number of nitrogens with zero attached hydrogens (tertiary/aromatic N) is 3. The molecule has 4 rings (SSSR count). The molecule has 10 nitrogen and oxygen atoms in total. The molecular formula is C27H37N5O5. The van der Waals surface area contributed by atoms with Crippen molar-refractivity contribution in [2.24, 2.45) is 13.0 Å². The van der Waals surface area contributed by atoms with Crippen LogP contribution in [0.4, 0.5) is 9.59 Å². The van der Waals surface area contributed by atoms with Crippen LogP contribution in [0.15, 0.2) is 36.7 Å². The smallest absolute Gasteiger partial charge is 0.408 e. The quantitative estimate of drug-likeness (QED) is 0.548. The number of nitrogens with one attached hydrogen (secondary N) is 2. The molecule has 0 spiro atoms. The number of ketones is 1. The molecule has 37 heavy (non-hydrogen) atoms. The number of alkyl carbamates (subject to hydrolysis) is 2. The third-order valence-corrected chi connectivity index (χ3v) is 6.82. The summed E-state index contributed by atoms with van der Waals surface area (Å²) in [6.45, 7) is 8.49. The van der Waals surface area contributed by atoms with Gasteiger partial charge in [0.05, 0.1) is 0 Å². The van der Waals surface area contributed by atoms with Gasteiger partial charge in [-0.05, 0) is 46.6 Å². The Balaban J connectivity index is 1.22. The Hall–Kier alpha value is -3.69. The van der Waals surface area contributed by atoms with Crippen LogP contribution in [-0.4, -0.2) is 70.5 Å². The van der Waals surface area contributed by atoms with Crippen molar-refractivity contribution < 1.29 is 23.9 Å². The van der Waals surface area contributed by atoms with E-state index in [0.29, 0.717) is 6.54 Å². The minimum atomic E-state index is -0.576. The van der Waals surface area contributed by atoms with Gasteiger partial charge in [-0.3, -0.25) is 4.79 Å². The molecule has 10 heteroatoms. The zero-order valence-corrected chi connectivity index (χ0v) is 22.2. The van der Waals surface area contributed by atoms with Gasteiger partial charge in [-0.25, -0.2) is 9.59 Å². The number of Topliss-reactive ketones (excluding diaryl/α,β-unsaturated/α-hetero) is 1. The second kappa shape index (κ2) is 10.7. The minimum Gasteiger partial charge on any atom is -0.444 e. The molecule has 2 heterocycles. The third-order valence-electron chi connectivity index (χ3n) is 6.82. The lowest BCUT2D eigenvalue weighted by atomic mass is 9.84. The van der Waals surface area contributed by atoms with Crippen molar-refractivity contribution in [3.63, 3.8) is 0 Å². The maximum absolute atomic E-state index is 13.5. The van der Waals surface area contributed by atoms with E-state index < -0.39 is 17.8 Å². The zero-order chi connectivity index (χ0) is 26.7. The monoisotopic (exact) mass is 511 g/mol. The molecule has 0 radical (unpaired) electrons. The summed E-state index contributed by atoms with van der Waals surface area (Å²) in [7, 11) is 2.03. The van der Waals surface area contributed by atoms with Gasteiger partial charge >= 0.3 is 12.2 Å². The van der Waals surface area contributed by atoms with E-state index >= 15 is 0 Å². The molecule has 1 aliphatic carbocycles. The van der Waals surface area contributed by atoms with Crippen molar-refractivity contribution in [1.82, 2.24) is 25.0 Å². The molecule has 0 saturated heterocycles. The summed E-state index contributed by atoms with van der Waals surface area (Å²) in [6.07, 6.45) is 4.34. The highest BCUT2D eigenvalue weighted by atomic mass is 16.6. The number of ether oxygens (including phenoxy) is 2. The van der Waals surface area contributed by atoms with E-state index in [1.165, 1.54) is 0 Å². The number of hydrogen-bond donors (Lipinski definition) is 2. The van der Waals surface area contributed by atoms with Gasteiger partial charge in [0.15, 0.2) is 12.5 Å². The maximum atomic E-state index is 13.5. The first-order valence-electron chi connectivity index (χ1n) is 12.7. The van der Waals surface area contributed by atoms with E-state index in [1.54, 1.807) is 20.8 Å². The molecule has 200 valence electrons. The van der Waals surface area contributed by atoms with E-state index in [1.807, 2.05) is 49.5 Å². The van der Waals surface area contributed by atoms with Crippen LogP contribution in [0.1, 0.15) is 50.2 Å². The van der Waals surface area contributed by atoms with Crippen LogP contribution in [0.5, 0.6) is 0 Å². The van der Waals surface area contributed by atoms with E-state index in [0.717, 1.165) is 35.0 Å². The first kappa shape index (κ1) is 26.4. The van der Waals surface area contributed by atoms with Crippen molar-refractivity contribution in [1.29, 1.82) is 0 Å². The number of hydrogen-bond acceptors (Lipinski definition) is 7. The van der Waals surface area contributed by atoms with Gasteiger partial charge < -0.3 is 34.5 Å². The van der Waals surface area contributed by atoms with Gasteiger partial charge in [-0.1, -0.05) is 18.2 Å². The molecule has 2 atom stereocenters. The predicted molar refractivity (Wildman–Crippen MR) is 140 cm³/mol. The molecule has 1 aromatic heterocycles. The number of aryl methyl sites for hydroxylation is 1. The molecule has 2 aliphatic rings. The van der Waals surface area contributed by atoms with Crippen LogP contribution < -0.4 is 10.6 Å². The first-order valence-corrected chi connectivity index (χ1v) is 12.7. The number of benzene rings is 1. The third kappa shape index (κ3) is 6.00. The number of amides is 2. The number of aromatic nitrogens is 1. The summed E-state index contributed by atoms with van der Waals surface area (Å²) < 4.78 is 12.6. The van der Waals surface area contributed by atoms with Crippen molar-refractivity contribution in [2.45, 2.75) is 52.3 Å². The van der Waals surface area contributed by atoms with Crippen LogP contribution >= 0.6 is 0 Å². The molecule has 0 fully saturated rings. The van der Waals surface area contributed by atoms with E-state index in [-0.39, 0.29) is 37.7 Å². The molecule has 2 amide bonds. The molecule has 2 aromatic rings. The molecule has 2 N–H and O–H groups in total. The van der Waals surface area contributed by atoms with E-state index in [9.17, 15) is 14.4 Å². The van der Waals surface area contributed by atoms with Gasteiger partial charge in [0.1, 0.15) is 11.8 Å². The molecule has 2 unspecified atom stereocenters. The summed E-state index contributed by atoms with van der Waals surface area (Å²) in [6, 6.07) is 8.08. The average molecular weight is 512 g/mol. The van der Waals surface area contributed by atoms with Crippen LogP contribution in [0.3, 0.4) is 0 Å². The SMILES string of the molecule is CC1N(COC(=O)NCCNC(=O)OC(C)(C)C)C=CN1CC1CCc2c(c3ccccc3n2C)C1=O. The van der Waals surface area contributed by atoms with Crippen LogP contribution in [0.2, 0.25) is 0 Å². The lowest BCUT2D eigenvalue weighted by molar-refractivity contribution is 0.0461. The second-order valence-electron chi connectivity index (χ2n) is 10.6. The minimum absolute atomic E-state index is 0.0525. The van der Waals surface area contributed by atoms with Crippen molar-refractivity contribution in [3.05, 3.63) is 47.9 Å². The zero-order valence-electron chi connectivity index (χ0n) is 22.2. The topological polar surface area (TPSA) is 105 Å². The molecule has 1 aliphatic heterocycles. The fourth-order valence-electron chi connectivity index (χ4n) is 4.89. The van der Waals surface area contributed by atoms with Crippen molar-refractivity contribution >= 4 is 28.9 Å². The van der Waals surface area contributed by atoms with Crippen molar-refractivity contribution in [3.8, 4) is 0 Å². The Bertz CT molecular complexity index is 1200. The van der Waals surface area contributed by atoms with Crippen LogP contribution in [-0.2, 0) is 22.9 Å². The van der Waals surface area contributed by atoms with Crippen LogP contribution in [0.25, 0.3) is 10.9 Å². The number of carbonyl (C=O) groups is 3. The average Bonchev–Trinajstić information content (AvgIpc) is 3.33. The fourth-order valence-corrected chi connectivity index (χ4v) is 4.89. The lowest BCUT2D eigenvalue weighted by Crippen LogP contribution is -2.43. The second-order valence-corrected chi connectivity index (χ2v) is 10.6. The van der Waals surface area contributed by atoms with Crippen molar-refractivity contribution in [2.75, 3.05) is 26.4 Å². The van der Waals surface area contributed by atoms with Gasteiger partial charge in [0.25, 0.3) is 0 Å². The Morgan fingerprint density at radius 1 is 1.05 bits per heavy atom. The summed E-state index contributed by atoms with van der Waals surface area (Å²) in [5, 5.41) is 6.21. The standard InChI is InChI=1S/C27H37N5O5/c1-18-31(14-15-32(18)17-36-25(34)28-12-13-29-26(35)37-27(2,3)4)16-19-10-11-22-23(24(19)33)20-8-6-7-9-21(20)30(22)5/h6-9,14-15,18-19H,10-13,16-17H2,1-5H3,(H,28,34)(H,29,35). The Morgan fingerprint density at radius 3 is 2.46 bits per heavy atom. The molecule has 1 aromatic carbocycles. The highest BCUT2D eigenvalue weighted by molar-refractivity contribution is 6.11. The Kier molecular flexibility index (Phi) is 7.65. The Labute approximate surface area is 217 Å². The fraction of sp³-hybridized carbons (Fsp3) is 0.519. The predicted octanol–water partition coefficient (Wildman–Crippen LogP) is 3.57. The Morgan fingerprint density at radius 2 is 1.73 bits per heavy atom. The number of fused-ring (bicyclic) bond motifs is 3. The van der Waals surface area contributed by atoms with Gasteiger partial charge in [-0.15, -0.1) is 0 Å².